The normalized spacial score (nSPS) is 15.1. The molecule has 0 amide bonds. The van der Waals surface area contributed by atoms with Crippen LogP contribution in [0.25, 0.3) is 11.1 Å². The smallest absolute Gasteiger partial charge is 0.264 e. The van der Waals surface area contributed by atoms with Gasteiger partial charge < -0.3 is 9.84 Å². The van der Waals surface area contributed by atoms with Gasteiger partial charge in [-0.05, 0) is 24.1 Å². The van der Waals surface area contributed by atoms with E-state index in [1.165, 1.54) is 20.4 Å². The molecule has 4 nitrogen and oxygen atoms in total. The Kier molecular flexibility index (Phi) is 5.77. The Labute approximate surface area is 138 Å². The van der Waals surface area contributed by atoms with Crippen molar-refractivity contribution >= 4 is 0 Å². The summed E-state index contributed by atoms with van der Waals surface area (Å²) in [7, 11) is 1.42. The van der Waals surface area contributed by atoms with E-state index < -0.39 is 31.0 Å². The van der Waals surface area contributed by atoms with Crippen LogP contribution in [0.3, 0.4) is 0 Å². The first-order chi connectivity index (χ1) is 11.4. The van der Waals surface area contributed by atoms with Crippen LogP contribution in [-0.4, -0.2) is 41.4 Å². The Balaban J connectivity index is 2.49. The highest BCUT2D eigenvalue weighted by Gasteiger charge is 2.35. The Morgan fingerprint density at radius 3 is 2.42 bits per heavy atom. The van der Waals surface area contributed by atoms with E-state index in [1.807, 2.05) is 0 Å². The van der Waals surface area contributed by atoms with Crippen LogP contribution < -0.4 is 4.74 Å². The van der Waals surface area contributed by atoms with Gasteiger partial charge in [0.15, 0.2) is 0 Å². The maximum atomic E-state index is 13.8. The van der Waals surface area contributed by atoms with E-state index >= 15 is 0 Å². The molecule has 0 spiro atoms. The predicted molar refractivity (Wildman–Crippen MR) is 84.0 cm³/mol. The molecule has 2 unspecified atom stereocenters. The van der Waals surface area contributed by atoms with Crippen LogP contribution in [-0.2, 0) is 5.41 Å². The number of benzene rings is 1. The van der Waals surface area contributed by atoms with Crippen molar-refractivity contribution in [2.45, 2.75) is 31.3 Å². The monoisotopic (exact) mass is 340 g/mol. The molecule has 2 rings (SSSR count). The zero-order chi connectivity index (χ0) is 17.7. The van der Waals surface area contributed by atoms with Crippen molar-refractivity contribution in [2.24, 2.45) is 0 Å². The molecule has 7 heteroatoms. The van der Waals surface area contributed by atoms with Crippen molar-refractivity contribution in [2.75, 3.05) is 13.8 Å². The van der Waals surface area contributed by atoms with Gasteiger partial charge in [-0.1, -0.05) is 13.0 Å². The molecule has 0 aliphatic carbocycles. The van der Waals surface area contributed by atoms with Gasteiger partial charge in [0.05, 0.1) is 13.8 Å². The fraction of sp³-hybridized carbons (Fsp3) is 0.412. The van der Waals surface area contributed by atoms with Gasteiger partial charge in [0.25, 0.3) is 6.43 Å². The highest BCUT2D eigenvalue weighted by atomic mass is 19.3. The SMILES string of the molecule is COc1ccc(-c2cncnc2)cc1C(C)(CF)CC(O)C(F)F. The fourth-order valence-corrected chi connectivity index (χ4v) is 2.59. The number of aliphatic hydroxyl groups excluding tert-OH is 1. The summed E-state index contributed by atoms with van der Waals surface area (Å²) in [5.74, 6) is 0.372. The van der Waals surface area contributed by atoms with Crippen molar-refractivity contribution in [1.29, 1.82) is 0 Å². The molecule has 0 fully saturated rings. The number of aromatic nitrogens is 2. The number of rotatable bonds is 7. The summed E-state index contributed by atoms with van der Waals surface area (Å²) in [4.78, 5) is 7.86. The number of alkyl halides is 3. The maximum absolute atomic E-state index is 13.8. The highest BCUT2D eigenvalue weighted by Crippen LogP contribution is 2.39. The molecular formula is C17H19F3N2O2. The molecule has 130 valence electrons. The first-order valence-electron chi connectivity index (χ1n) is 7.37. The Morgan fingerprint density at radius 2 is 1.88 bits per heavy atom. The van der Waals surface area contributed by atoms with Crippen molar-refractivity contribution in [3.05, 3.63) is 42.5 Å². The van der Waals surface area contributed by atoms with E-state index in [-0.39, 0.29) is 0 Å². The lowest BCUT2D eigenvalue weighted by atomic mass is 9.77. The number of nitrogens with zero attached hydrogens (tertiary/aromatic N) is 2. The van der Waals surface area contributed by atoms with Gasteiger partial charge in [-0.15, -0.1) is 0 Å². The largest absolute Gasteiger partial charge is 0.496 e. The summed E-state index contributed by atoms with van der Waals surface area (Å²) >= 11 is 0. The average Bonchev–Trinajstić information content (AvgIpc) is 2.61. The first kappa shape index (κ1) is 18.2. The Morgan fingerprint density at radius 1 is 1.21 bits per heavy atom. The number of ether oxygens (including phenoxy) is 1. The maximum Gasteiger partial charge on any atom is 0.264 e. The predicted octanol–water partition coefficient (Wildman–Crippen LogP) is 3.40. The quantitative estimate of drug-likeness (QED) is 0.839. The second-order valence-corrected chi connectivity index (χ2v) is 5.84. The zero-order valence-corrected chi connectivity index (χ0v) is 13.4. The molecule has 0 bridgehead atoms. The summed E-state index contributed by atoms with van der Waals surface area (Å²) in [6.07, 6.45) is -0.698. The van der Waals surface area contributed by atoms with Crippen molar-refractivity contribution in [1.82, 2.24) is 9.97 Å². The van der Waals surface area contributed by atoms with E-state index in [1.54, 1.807) is 30.6 Å². The minimum Gasteiger partial charge on any atom is -0.496 e. The molecule has 0 radical (unpaired) electrons. The molecule has 1 aromatic carbocycles. The van der Waals surface area contributed by atoms with Gasteiger partial charge in [0.1, 0.15) is 18.2 Å². The average molecular weight is 340 g/mol. The molecule has 2 aromatic rings. The molecule has 1 aromatic heterocycles. The van der Waals surface area contributed by atoms with Crippen LogP contribution >= 0.6 is 0 Å². The van der Waals surface area contributed by atoms with E-state index in [2.05, 4.69) is 9.97 Å². The standard InChI is InChI=1S/C17H19F3N2O2/c1-17(9-18,6-14(23)16(19)20)13-5-11(3-4-15(13)24-2)12-7-21-10-22-8-12/h3-5,7-8,10,14,16,23H,6,9H2,1-2H3. The third-order valence-corrected chi connectivity index (χ3v) is 3.99. The van der Waals surface area contributed by atoms with Crippen molar-refractivity contribution in [3.8, 4) is 16.9 Å². The minimum atomic E-state index is -2.94. The van der Waals surface area contributed by atoms with Gasteiger partial charge in [-0.2, -0.15) is 0 Å². The number of halogens is 3. The second-order valence-electron chi connectivity index (χ2n) is 5.84. The summed E-state index contributed by atoms with van der Waals surface area (Å²) in [5, 5.41) is 9.53. The van der Waals surface area contributed by atoms with Crippen LogP contribution in [0.2, 0.25) is 0 Å². The summed E-state index contributed by atoms with van der Waals surface area (Å²) in [5.41, 5.74) is 0.510. The van der Waals surface area contributed by atoms with Gasteiger partial charge in [-0.25, -0.2) is 18.7 Å². The topological polar surface area (TPSA) is 55.2 Å². The molecule has 0 saturated carbocycles. The van der Waals surface area contributed by atoms with Crippen LogP contribution in [0.4, 0.5) is 13.2 Å². The van der Waals surface area contributed by atoms with Gasteiger partial charge >= 0.3 is 0 Å². The van der Waals surface area contributed by atoms with Crippen LogP contribution in [0, 0.1) is 0 Å². The lowest BCUT2D eigenvalue weighted by Crippen LogP contribution is -2.33. The molecule has 1 heterocycles. The fourth-order valence-electron chi connectivity index (χ4n) is 2.59. The van der Waals surface area contributed by atoms with E-state index in [4.69, 9.17) is 4.74 Å². The summed E-state index contributed by atoms with van der Waals surface area (Å²) < 4.78 is 44.5. The van der Waals surface area contributed by atoms with E-state index in [0.717, 1.165) is 0 Å². The van der Waals surface area contributed by atoms with Crippen molar-refractivity contribution < 1.29 is 23.0 Å². The van der Waals surface area contributed by atoms with E-state index in [9.17, 15) is 18.3 Å². The molecule has 0 aliphatic rings. The molecule has 24 heavy (non-hydrogen) atoms. The van der Waals surface area contributed by atoms with Crippen molar-refractivity contribution in [3.63, 3.8) is 0 Å². The molecule has 2 atom stereocenters. The second kappa shape index (κ2) is 7.61. The molecule has 0 aliphatic heterocycles. The van der Waals surface area contributed by atoms with E-state index in [0.29, 0.717) is 22.4 Å². The Bertz CT molecular complexity index is 670. The third kappa shape index (κ3) is 3.84. The summed E-state index contributed by atoms with van der Waals surface area (Å²) in [6.45, 7) is 0.573. The number of hydrogen-bond acceptors (Lipinski definition) is 4. The highest BCUT2D eigenvalue weighted by molar-refractivity contribution is 5.65. The minimum absolute atomic E-state index is 0.372. The van der Waals surface area contributed by atoms with Gasteiger partial charge in [-0.3, -0.25) is 4.39 Å². The molecular weight excluding hydrogens is 321 g/mol. The van der Waals surface area contributed by atoms with Crippen LogP contribution in [0.5, 0.6) is 5.75 Å². The first-order valence-corrected chi connectivity index (χ1v) is 7.37. The number of methoxy groups -OCH3 is 1. The van der Waals surface area contributed by atoms with Crippen LogP contribution in [0.15, 0.2) is 36.9 Å². The lowest BCUT2D eigenvalue weighted by Gasteiger charge is -2.31. The summed E-state index contributed by atoms with van der Waals surface area (Å²) in [6, 6.07) is 5.05. The Hall–Kier alpha value is -2.15. The molecule has 1 N–H and O–H groups in total. The third-order valence-electron chi connectivity index (χ3n) is 3.99. The van der Waals surface area contributed by atoms with Gasteiger partial charge in [0.2, 0.25) is 0 Å². The van der Waals surface area contributed by atoms with Gasteiger partial charge in [0, 0.05) is 28.9 Å². The number of aliphatic hydroxyl groups is 1. The zero-order valence-electron chi connectivity index (χ0n) is 13.4. The number of hydrogen-bond donors (Lipinski definition) is 1. The molecule has 0 saturated heterocycles. The van der Waals surface area contributed by atoms with Crippen LogP contribution in [0.1, 0.15) is 18.9 Å². The lowest BCUT2D eigenvalue weighted by molar-refractivity contribution is -0.0226.